The van der Waals surface area contributed by atoms with E-state index in [1.807, 2.05) is 37.3 Å². The zero-order valence-corrected chi connectivity index (χ0v) is 17.7. The number of nitrogens with one attached hydrogen (secondary N) is 2. The first-order valence-corrected chi connectivity index (χ1v) is 8.32. The molecule has 0 fully saturated rings. The van der Waals surface area contributed by atoms with Crippen molar-refractivity contribution in [3.05, 3.63) is 65.7 Å². The molecule has 0 saturated carbocycles. The third-order valence-corrected chi connectivity index (χ3v) is 3.76. The number of aliphatic imine (C=N–C) groups is 1. The van der Waals surface area contributed by atoms with Gasteiger partial charge in [-0.25, -0.2) is 4.99 Å². The lowest BCUT2D eigenvalue weighted by molar-refractivity contribution is -0.144. The Labute approximate surface area is 172 Å². The Morgan fingerprint density at radius 1 is 1.12 bits per heavy atom. The van der Waals surface area contributed by atoms with Crippen molar-refractivity contribution in [1.82, 2.24) is 5.32 Å². The van der Waals surface area contributed by atoms with Crippen LogP contribution in [0.15, 0.2) is 59.6 Å². The molecule has 0 spiro atoms. The summed E-state index contributed by atoms with van der Waals surface area (Å²) in [5, 5.41) is 6.46. The smallest absolute Gasteiger partial charge is 0.310 e. The van der Waals surface area contributed by atoms with Gasteiger partial charge in [0.05, 0.1) is 19.6 Å². The highest BCUT2D eigenvalue weighted by atomic mass is 127. The molecule has 2 aromatic carbocycles. The second kappa shape index (κ2) is 11.5. The minimum Gasteiger partial charge on any atom is -0.469 e. The molecule has 2 rings (SSSR count). The third-order valence-electron chi connectivity index (χ3n) is 3.76. The van der Waals surface area contributed by atoms with Crippen LogP contribution in [0.5, 0.6) is 0 Å². The fourth-order valence-corrected chi connectivity index (χ4v) is 2.20. The average molecular weight is 467 g/mol. The lowest BCUT2D eigenvalue weighted by Gasteiger charge is -2.15. The lowest BCUT2D eigenvalue weighted by atomic mass is 10.1. The largest absolute Gasteiger partial charge is 0.469 e. The van der Waals surface area contributed by atoms with Crippen molar-refractivity contribution in [2.75, 3.05) is 19.0 Å². The van der Waals surface area contributed by atoms with Gasteiger partial charge in [0.25, 0.3) is 0 Å². The van der Waals surface area contributed by atoms with Gasteiger partial charge in [-0.3, -0.25) is 4.79 Å². The van der Waals surface area contributed by atoms with Gasteiger partial charge in [-0.2, -0.15) is 0 Å². The molecule has 0 aliphatic carbocycles. The summed E-state index contributed by atoms with van der Waals surface area (Å²) in [5.41, 5.74) is 3.28. The van der Waals surface area contributed by atoms with Gasteiger partial charge in [-0.05, 0) is 24.6 Å². The van der Waals surface area contributed by atoms with Crippen LogP contribution in [0.2, 0.25) is 0 Å². The van der Waals surface area contributed by atoms with Crippen molar-refractivity contribution in [1.29, 1.82) is 0 Å². The molecule has 0 bridgehead atoms. The molecule has 1 unspecified atom stereocenters. The van der Waals surface area contributed by atoms with Gasteiger partial charge in [0.1, 0.15) is 0 Å². The summed E-state index contributed by atoms with van der Waals surface area (Å²) in [6, 6.07) is 18.1. The highest BCUT2D eigenvalue weighted by molar-refractivity contribution is 14.0. The maximum atomic E-state index is 11.6. The van der Waals surface area contributed by atoms with Gasteiger partial charge in [0.15, 0.2) is 5.96 Å². The quantitative estimate of drug-likeness (QED) is 0.292. The minimum absolute atomic E-state index is 0. The summed E-state index contributed by atoms with van der Waals surface area (Å²) >= 11 is 0. The Bertz CT molecular complexity index is 703. The Morgan fingerprint density at radius 3 is 2.38 bits per heavy atom. The summed E-state index contributed by atoms with van der Waals surface area (Å²) < 4.78 is 4.76. The Hall–Kier alpha value is -2.09. The van der Waals surface area contributed by atoms with Gasteiger partial charge in [0, 0.05) is 12.2 Å². The third kappa shape index (κ3) is 7.43. The van der Waals surface area contributed by atoms with E-state index in [9.17, 15) is 4.79 Å². The molecule has 26 heavy (non-hydrogen) atoms. The molecular weight excluding hydrogens is 441 g/mol. The maximum absolute atomic E-state index is 11.6. The molecule has 1 atom stereocenters. The van der Waals surface area contributed by atoms with Crippen LogP contribution >= 0.6 is 24.0 Å². The number of esters is 1. The summed E-state index contributed by atoms with van der Waals surface area (Å²) in [6.45, 7) is 4.87. The van der Waals surface area contributed by atoms with E-state index in [1.54, 1.807) is 0 Å². The van der Waals surface area contributed by atoms with Crippen LogP contribution in [0.3, 0.4) is 0 Å². The molecule has 0 saturated heterocycles. The molecule has 6 heteroatoms. The number of ether oxygens (including phenoxy) is 1. The number of benzene rings is 2. The summed E-state index contributed by atoms with van der Waals surface area (Å²) in [4.78, 5) is 16.2. The number of nitrogens with zero attached hydrogens (tertiary/aromatic N) is 1. The van der Waals surface area contributed by atoms with Crippen LogP contribution in [0, 0.1) is 12.8 Å². The molecule has 0 heterocycles. The van der Waals surface area contributed by atoms with Crippen LogP contribution in [-0.4, -0.2) is 25.6 Å². The molecule has 0 aliphatic heterocycles. The number of halogens is 1. The van der Waals surface area contributed by atoms with Crippen LogP contribution in [0.25, 0.3) is 0 Å². The fourth-order valence-electron chi connectivity index (χ4n) is 2.20. The van der Waals surface area contributed by atoms with Gasteiger partial charge in [-0.1, -0.05) is 55.0 Å². The summed E-state index contributed by atoms with van der Waals surface area (Å²) in [5.74, 6) is 0.125. The monoisotopic (exact) mass is 467 g/mol. The summed E-state index contributed by atoms with van der Waals surface area (Å²) in [6.07, 6.45) is 0. The Balaban J connectivity index is 0.00000338. The molecule has 5 nitrogen and oxygen atoms in total. The average Bonchev–Trinajstić information content (AvgIpc) is 2.65. The first-order chi connectivity index (χ1) is 12.1. The van der Waals surface area contributed by atoms with E-state index in [4.69, 9.17) is 4.74 Å². The number of anilines is 1. The first kappa shape index (κ1) is 22.0. The first-order valence-electron chi connectivity index (χ1n) is 8.32. The molecule has 140 valence electrons. The number of aryl methyl sites for hydroxylation is 1. The van der Waals surface area contributed by atoms with Gasteiger partial charge < -0.3 is 15.4 Å². The minimum atomic E-state index is -0.257. The number of rotatable bonds is 6. The predicted molar refractivity (Wildman–Crippen MR) is 117 cm³/mol. The van der Waals surface area contributed by atoms with E-state index >= 15 is 0 Å². The standard InChI is InChI=1S/C20H25N3O2.HI/c1-15-9-11-17(12-10-15)14-22-20(21-13-16(2)19(24)25-3)23-18-7-5-4-6-8-18;/h4-12,16H,13-14H2,1-3H3,(H2,21,22,23);1H. The van der Waals surface area contributed by atoms with Crippen LogP contribution in [-0.2, 0) is 16.1 Å². The van der Waals surface area contributed by atoms with E-state index in [-0.39, 0.29) is 35.9 Å². The number of hydrogen-bond donors (Lipinski definition) is 2. The van der Waals surface area contributed by atoms with Crippen LogP contribution < -0.4 is 10.6 Å². The van der Waals surface area contributed by atoms with Gasteiger partial charge in [0.2, 0.25) is 0 Å². The lowest BCUT2D eigenvalue weighted by Crippen LogP contribution is -2.36. The number of methoxy groups -OCH3 is 1. The molecule has 2 aromatic rings. The van der Waals surface area contributed by atoms with Crippen molar-refractivity contribution in [3.63, 3.8) is 0 Å². The zero-order chi connectivity index (χ0) is 18.1. The molecule has 0 aliphatic rings. The van der Waals surface area contributed by atoms with Crippen LogP contribution in [0.1, 0.15) is 18.1 Å². The highest BCUT2D eigenvalue weighted by Gasteiger charge is 2.13. The normalized spacial score (nSPS) is 11.9. The van der Waals surface area contributed by atoms with E-state index in [1.165, 1.54) is 12.7 Å². The predicted octanol–water partition coefficient (Wildman–Crippen LogP) is 3.98. The number of guanidine groups is 1. The van der Waals surface area contributed by atoms with Gasteiger partial charge in [-0.15, -0.1) is 24.0 Å². The summed E-state index contributed by atoms with van der Waals surface area (Å²) in [7, 11) is 1.40. The van der Waals surface area contributed by atoms with Crippen LogP contribution in [0.4, 0.5) is 5.69 Å². The SMILES string of the molecule is COC(=O)C(C)CNC(=NCc1ccc(C)cc1)Nc1ccccc1.I. The Kier molecular flexibility index (Phi) is 9.72. The number of carbonyl (C=O) groups is 1. The number of para-hydroxylation sites is 1. The maximum Gasteiger partial charge on any atom is 0.310 e. The second-order valence-corrected chi connectivity index (χ2v) is 5.95. The van der Waals surface area contributed by atoms with Crippen molar-refractivity contribution in [3.8, 4) is 0 Å². The number of carbonyl (C=O) groups excluding carboxylic acids is 1. The van der Waals surface area contributed by atoms with Gasteiger partial charge >= 0.3 is 5.97 Å². The number of hydrogen-bond acceptors (Lipinski definition) is 3. The Morgan fingerprint density at radius 2 is 1.77 bits per heavy atom. The fraction of sp³-hybridized carbons (Fsp3) is 0.300. The van der Waals surface area contributed by atoms with Crippen molar-refractivity contribution >= 4 is 41.6 Å². The van der Waals surface area contributed by atoms with Crippen molar-refractivity contribution in [2.45, 2.75) is 20.4 Å². The highest BCUT2D eigenvalue weighted by Crippen LogP contribution is 2.07. The topological polar surface area (TPSA) is 62.7 Å². The van der Waals surface area contributed by atoms with E-state index < -0.39 is 0 Å². The van der Waals surface area contributed by atoms with Crippen molar-refractivity contribution in [2.24, 2.45) is 10.9 Å². The zero-order valence-electron chi connectivity index (χ0n) is 15.4. The molecule has 0 radical (unpaired) electrons. The second-order valence-electron chi connectivity index (χ2n) is 5.95. The van der Waals surface area contributed by atoms with Crippen molar-refractivity contribution < 1.29 is 9.53 Å². The molecule has 0 aromatic heterocycles. The van der Waals surface area contributed by atoms with E-state index in [0.717, 1.165) is 11.3 Å². The van der Waals surface area contributed by atoms with E-state index in [2.05, 4.69) is 46.8 Å². The molecule has 2 N–H and O–H groups in total. The molecular formula is C20H26IN3O2. The van der Waals surface area contributed by atoms with E-state index in [0.29, 0.717) is 19.0 Å². The molecule has 0 amide bonds.